The van der Waals surface area contributed by atoms with Crippen molar-refractivity contribution in [2.75, 3.05) is 47.2 Å². The second-order valence-corrected chi connectivity index (χ2v) is 12.9. The summed E-state index contributed by atoms with van der Waals surface area (Å²) < 4.78 is 26.6. The largest absolute Gasteiger partial charge is 0.507 e. The number of carbonyl (C=O) groups is 4. The van der Waals surface area contributed by atoms with E-state index in [2.05, 4.69) is 17.2 Å². The monoisotopic (exact) mass is 738 g/mol. The predicted molar refractivity (Wildman–Crippen MR) is 202 cm³/mol. The molecule has 4 amide bonds. The highest BCUT2D eigenvalue weighted by molar-refractivity contribution is 6.34. The van der Waals surface area contributed by atoms with Gasteiger partial charge in [0.1, 0.15) is 11.6 Å². The van der Waals surface area contributed by atoms with Gasteiger partial charge in [0.2, 0.25) is 5.91 Å². The van der Waals surface area contributed by atoms with E-state index in [0.717, 1.165) is 30.5 Å². The summed E-state index contributed by atoms with van der Waals surface area (Å²) in [4.78, 5) is 54.4. The number of halogens is 2. The van der Waals surface area contributed by atoms with Crippen LogP contribution in [-0.4, -0.2) is 55.5 Å². The number of fused-ring (bicyclic) bond motifs is 2. The van der Waals surface area contributed by atoms with Crippen molar-refractivity contribution in [1.82, 2.24) is 0 Å². The van der Waals surface area contributed by atoms with Crippen molar-refractivity contribution in [2.45, 2.75) is 26.2 Å². The van der Waals surface area contributed by atoms with Crippen molar-refractivity contribution in [2.24, 2.45) is 0 Å². The van der Waals surface area contributed by atoms with Gasteiger partial charge in [0.05, 0.1) is 29.6 Å². The molecule has 2 aliphatic heterocycles. The SMILES string of the molecule is C=CC(=O)N1CCCc2cc(C(=O)Nc3cc(O)c(/C(C)=C\C(=O)N(C)c4ccc(C(=O)Nc5cc6c(cc5Cl)OCCCO6)cc4)cc3F)ccc21. The molecule has 2 aliphatic rings. The molecule has 0 aliphatic carbocycles. The summed E-state index contributed by atoms with van der Waals surface area (Å²) in [6.07, 6.45) is 4.60. The molecule has 3 N–H and O–H groups in total. The fraction of sp³-hybridized carbons (Fsp3) is 0.200. The van der Waals surface area contributed by atoms with Crippen LogP contribution >= 0.6 is 11.6 Å². The van der Waals surface area contributed by atoms with E-state index in [1.54, 1.807) is 66.4 Å². The van der Waals surface area contributed by atoms with Crippen LogP contribution in [0.2, 0.25) is 5.02 Å². The number of benzene rings is 4. The number of allylic oxidation sites excluding steroid dienone is 1. The molecule has 0 atom stereocenters. The lowest BCUT2D eigenvalue weighted by molar-refractivity contribution is -0.114. The molecule has 0 radical (unpaired) electrons. The first-order chi connectivity index (χ1) is 25.4. The first kappa shape index (κ1) is 36.6. The normalized spacial score (nSPS) is 13.7. The number of likely N-dealkylation sites (N-methyl/N-ethyl adjacent to an activating group) is 1. The Kier molecular flexibility index (Phi) is 10.8. The predicted octanol–water partition coefficient (Wildman–Crippen LogP) is 7.38. The van der Waals surface area contributed by atoms with Gasteiger partial charge in [-0.2, -0.15) is 0 Å². The number of nitrogens with zero attached hydrogens (tertiary/aromatic N) is 2. The van der Waals surface area contributed by atoms with Crippen LogP contribution in [-0.2, 0) is 16.0 Å². The number of nitrogens with one attached hydrogen (secondary N) is 2. The molecule has 0 fully saturated rings. The number of carbonyl (C=O) groups excluding carboxylic acids is 4. The lowest BCUT2D eigenvalue weighted by Gasteiger charge is -2.29. The van der Waals surface area contributed by atoms with Crippen molar-refractivity contribution < 1.29 is 38.1 Å². The smallest absolute Gasteiger partial charge is 0.255 e. The third-order valence-electron chi connectivity index (χ3n) is 8.93. The second kappa shape index (κ2) is 15.6. The molecule has 6 rings (SSSR count). The molecule has 0 bridgehead atoms. The van der Waals surface area contributed by atoms with Crippen molar-refractivity contribution in [1.29, 1.82) is 0 Å². The first-order valence-corrected chi connectivity index (χ1v) is 17.2. The van der Waals surface area contributed by atoms with Crippen LogP contribution < -0.4 is 29.9 Å². The summed E-state index contributed by atoms with van der Waals surface area (Å²) in [5, 5.41) is 16.4. The fourth-order valence-electron chi connectivity index (χ4n) is 6.04. The Balaban J connectivity index is 1.10. The fourth-order valence-corrected chi connectivity index (χ4v) is 6.24. The van der Waals surface area contributed by atoms with Crippen molar-refractivity contribution in [3.05, 3.63) is 119 Å². The van der Waals surface area contributed by atoms with Crippen molar-refractivity contribution in [3.63, 3.8) is 0 Å². The Bertz CT molecular complexity index is 2170. The Morgan fingerprint density at radius 2 is 1.57 bits per heavy atom. The number of phenolic OH excluding ortho intramolecular Hbond substituents is 1. The molecule has 0 saturated heterocycles. The van der Waals surface area contributed by atoms with Gasteiger partial charge in [-0.15, -0.1) is 0 Å². The Labute approximate surface area is 310 Å². The van der Waals surface area contributed by atoms with Crippen LogP contribution in [0.3, 0.4) is 0 Å². The number of hydrogen-bond acceptors (Lipinski definition) is 7. The van der Waals surface area contributed by atoms with Gasteiger partial charge in [0, 0.05) is 72.4 Å². The van der Waals surface area contributed by atoms with Gasteiger partial charge in [-0.25, -0.2) is 4.39 Å². The van der Waals surface area contributed by atoms with E-state index in [-0.39, 0.29) is 34.0 Å². The van der Waals surface area contributed by atoms with Gasteiger partial charge in [-0.05, 0) is 85.5 Å². The van der Waals surface area contributed by atoms with E-state index in [9.17, 15) is 24.3 Å². The molecule has 0 spiro atoms. The first-order valence-electron chi connectivity index (χ1n) is 16.8. The molecular formula is C40H36ClFN4O7. The highest BCUT2D eigenvalue weighted by Gasteiger charge is 2.23. The van der Waals surface area contributed by atoms with E-state index >= 15 is 4.39 Å². The van der Waals surface area contributed by atoms with Crippen LogP contribution in [0, 0.1) is 5.82 Å². The summed E-state index contributed by atoms with van der Waals surface area (Å²) in [5.74, 6) is -1.90. The molecular weight excluding hydrogens is 703 g/mol. The number of ether oxygens (including phenoxy) is 2. The highest BCUT2D eigenvalue weighted by Crippen LogP contribution is 2.38. The van der Waals surface area contributed by atoms with Crippen molar-refractivity contribution >= 4 is 63.6 Å². The number of phenols is 1. The molecule has 53 heavy (non-hydrogen) atoms. The Hall–Kier alpha value is -6.14. The minimum absolute atomic E-state index is 0.0587. The number of hydrogen-bond donors (Lipinski definition) is 3. The Morgan fingerprint density at radius 1 is 0.906 bits per heavy atom. The molecule has 0 unspecified atom stereocenters. The van der Waals surface area contributed by atoms with Gasteiger partial charge in [-0.1, -0.05) is 18.2 Å². The maximum absolute atomic E-state index is 15.3. The summed E-state index contributed by atoms with van der Waals surface area (Å²) in [5.41, 5.74) is 3.00. The zero-order valence-corrected chi connectivity index (χ0v) is 29.8. The summed E-state index contributed by atoms with van der Waals surface area (Å²) in [7, 11) is 1.54. The third kappa shape index (κ3) is 8.02. The van der Waals surface area contributed by atoms with E-state index in [1.165, 1.54) is 24.1 Å². The molecule has 13 heteroatoms. The lowest BCUT2D eigenvalue weighted by Crippen LogP contribution is -2.34. The van der Waals surface area contributed by atoms with Gasteiger partial charge in [-0.3, -0.25) is 19.2 Å². The maximum Gasteiger partial charge on any atom is 0.255 e. The van der Waals surface area contributed by atoms with E-state index in [0.29, 0.717) is 65.3 Å². The standard InChI is InChI=1S/C40H36ClFN4O7/c1-4-37(48)46-14-5-7-25-18-26(10-13-33(25)46)40(51)44-32-21-34(47)28(19-30(32)42)23(2)17-38(49)45(3)27-11-8-24(9-12-27)39(50)43-31-22-36-35(20-29(31)41)52-15-6-16-53-36/h4,8-13,17-22,47H,1,5-7,14-16H2,2-3H3,(H,43,50)(H,44,51)/b23-17-. The van der Waals surface area contributed by atoms with Crippen molar-refractivity contribution in [3.8, 4) is 17.2 Å². The lowest BCUT2D eigenvalue weighted by atomic mass is 9.98. The van der Waals surface area contributed by atoms with Crippen LogP contribution in [0.15, 0.2) is 85.5 Å². The summed E-state index contributed by atoms with van der Waals surface area (Å²) in [6.45, 7) is 6.62. The number of aryl methyl sites for hydroxylation is 1. The molecule has 0 aromatic heterocycles. The third-order valence-corrected chi connectivity index (χ3v) is 9.24. The quantitative estimate of drug-likeness (QED) is 0.161. The minimum Gasteiger partial charge on any atom is -0.507 e. The molecule has 4 aromatic rings. The van der Waals surface area contributed by atoms with Gasteiger partial charge in [0.15, 0.2) is 11.5 Å². The zero-order chi connectivity index (χ0) is 37.8. The number of rotatable bonds is 8. The number of aromatic hydroxyl groups is 1. The van der Waals surface area contributed by atoms with Crippen LogP contribution in [0.5, 0.6) is 17.2 Å². The van der Waals surface area contributed by atoms with Gasteiger partial charge in [0.25, 0.3) is 17.7 Å². The summed E-state index contributed by atoms with van der Waals surface area (Å²) >= 11 is 6.37. The second-order valence-electron chi connectivity index (χ2n) is 12.5. The van der Waals surface area contributed by atoms with E-state index < -0.39 is 23.5 Å². The average Bonchev–Trinajstić information content (AvgIpc) is 3.39. The molecule has 11 nitrogen and oxygen atoms in total. The van der Waals surface area contributed by atoms with E-state index in [1.807, 2.05) is 0 Å². The van der Waals surface area contributed by atoms with Gasteiger partial charge < -0.3 is 35.0 Å². The highest BCUT2D eigenvalue weighted by atomic mass is 35.5. The Morgan fingerprint density at radius 3 is 2.28 bits per heavy atom. The average molecular weight is 739 g/mol. The minimum atomic E-state index is -0.817. The molecule has 272 valence electrons. The molecule has 2 heterocycles. The zero-order valence-electron chi connectivity index (χ0n) is 29.0. The topological polar surface area (TPSA) is 138 Å². The maximum atomic E-state index is 15.3. The molecule has 0 saturated carbocycles. The van der Waals surface area contributed by atoms with E-state index in [4.69, 9.17) is 21.1 Å². The number of amides is 4. The molecule has 4 aromatic carbocycles. The van der Waals surface area contributed by atoms with Gasteiger partial charge >= 0.3 is 0 Å². The van der Waals surface area contributed by atoms with Crippen LogP contribution in [0.4, 0.5) is 27.1 Å². The number of anilines is 4. The van der Waals surface area contributed by atoms with Crippen LogP contribution in [0.25, 0.3) is 5.57 Å². The summed E-state index contributed by atoms with van der Waals surface area (Å²) in [6, 6.07) is 16.5. The van der Waals surface area contributed by atoms with Crippen LogP contribution in [0.1, 0.15) is 51.6 Å².